The monoisotopic (exact) mass is 251 g/mol. The molecule has 1 aromatic rings. The zero-order valence-electron chi connectivity index (χ0n) is 11.4. The second-order valence-corrected chi connectivity index (χ2v) is 5.89. The van der Waals surface area contributed by atoms with Crippen molar-refractivity contribution >= 4 is 6.09 Å². The summed E-state index contributed by atoms with van der Waals surface area (Å²) in [6.07, 6.45) is 3.32. The van der Waals surface area contributed by atoms with Gasteiger partial charge in [-0.2, -0.15) is 5.10 Å². The summed E-state index contributed by atoms with van der Waals surface area (Å²) in [7, 11) is 0. The highest BCUT2D eigenvalue weighted by atomic mass is 16.6. The predicted molar refractivity (Wildman–Crippen MR) is 68.4 cm³/mol. The SMILES string of the molecule is Cc1ccnn1C1CC(NC(=O)OC(C)(C)C)C1. The van der Waals surface area contributed by atoms with Crippen LogP contribution in [0.5, 0.6) is 0 Å². The summed E-state index contributed by atoms with van der Waals surface area (Å²) in [6.45, 7) is 7.64. The summed E-state index contributed by atoms with van der Waals surface area (Å²) in [6, 6.07) is 2.60. The van der Waals surface area contributed by atoms with Gasteiger partial charge in [-0.15, -0.1) is 0 Å². The van der Waals surface area contributed by atoms with Gasteiger partial charge in [0.1, 0.15) is 5.60 Å². The van der Waals surface area contributed by atoms with Gasteiger partial charge < -0.3 is 10.1 Å². The first kappa shape index (κ1) is 12.9. The van der Waals surface area contributed by atoms with Crippen molar-refractivity contribution in [3.05, 3.63) is 18.0 Å². The lowest BCUT2D eigenvalue weighted by Crippen LogP contribution is -2.47. The molecule has 5 heteroatoms. The summed E-state index contributed by atoms with van der Waals surface area (Å²) in [5.74, 6) is 0. The second-order valence-electron chi connectivity index (χ2n) is 5.89. The van der Waals surface area contributed by atoms with E-state index >= 15 is 0 Å². The Bertz CT molecular complexity index is 428. The van der Waals surface area contributed by atoms with E-state index in [2.05, 4.69) is 10.4 Å². The van der Waals surface area contributed by atoms with E-state index in [1.54, 1.807) is 0 Å². The maximum Gasteiger partial charge on any atom is 0.407 e. The zero-order chi connectivity index (χ0) is 13.3. The smallest absolute Gasteiger partial charge is 0.407 e. The van der Waals surface area contributed by atoms with Crippen molar-refractivity contribution in [2.45, 2.75) is 58.2 Å². The van der Waals surface area contributed by atoms with Crippen molar-refractivity contribution in [1.82, 2.24) is 15.1 Å². The fraction of sp³-hybridized carbons (Fsp3) is 0.692. The Labute approximate surface area is 108 Å². The maximum atomic E-state index is 11.6. The van der Waals surface area contributed by atoms with E-state index in [0.717, 1.165) is 18.5 Å². The molecule has 1 aliphatic rings. The van der Waals surface area contributed by atoms with Crippen molar-refractivity contribution in [1.29, 1.82) is 0 Å². The topological polar surface area (TPSA) is 56.2 Å². The van der Waals surface area contributed by atoms with Gasteiger partial charge in [0, 0.05) is 17.9 Å². The van der Waals surface area contributed by atoms with Crippen LogP contribution in [0.3, 0.4) is 0 Å². The van der Waals surface area contributed by atoms with Crippen LogP contribution in [0.15, 0.2) is 12.3 Å². The molecule has 1 amide bonds. The standard InChI is InChI=1S/C13H21N3O2/c1-9-5-6-14-16(9)11-7-10(8-11)15-12(17)18-13(2,3)4/h5-6,10-11H,7-8H2,1-4H3,(H,15,17). The number of hydrogen-bond acceptors (Lipinski definition) is 3. The largest absolute Gasteiger partial charge is 0.444 e. The van der Waals surface area contributed by atoms with Gasteiger partial charge >= 0.3 is 6.09 Å². The number of carbonyl (C=O) groups excluding carboxylic acids is 1. The normalized spacial score (nSPS) is 23.3. The number of nitrogens with zero attached hydrogens (tertiary/aromatic N) is 2. The Morgan fingerprint density at radius 1 is 1.50 bits per heavy atom. The van der Waals surface area contributed by atoms with Crippen LogP contribution < -0.4 is 5.32 Å². The molecule has 18 heavy (non-hydrogen) atoms. The average molecular weight is 251 g/mol. The van der Waals surface area contributed by atoms with Gasteiger partial charge in [-0.25, -0.2) is 4.79 Å². The third-order valence-electron chi connectivity index (χ3n) is 3.05. The highest BCUT2D eigenvalue weighted by Crippen LogP contribution is 2.32. The summed E-state index contributed by atoms with van der Waals surface area (Å²) >= 11 is 0. The van der Waals surface area contributed by atoms with E-state index in [-0.39, 0.29) is 12.1 Å². The van der Waals surface area contributed by atoms with Crippen LogP contribution in [0.4, 0.5) is 4.79 Å². The molecule has 0 atom stereocenters. The molecule has 0 spiro atoms. The van der Waals surface area contributed by atoms with Crippen molar-refractivity contribution in [2.75, 3.05) is 0 Å². The Kier molecular flexibility index (Phi) is 3.32. The third kappa shape index (κ3) is 3.03. The van der Waals surface area contributed by atoms with E-state index in [1.165, 1.54) is 0 Å². The van der Waals surface area contributed by atoms with Crippen LogP contribution in [-0.4, -0.2) is 27.5 Å². The molecule has 5 nitrogen and oxygen atoms in total. The average Bonchev–Trinajstić information content (AvgIpc) is 2.54. The Morgan fingerprint density at radius 2 is 2.17 bits per heavy atom. The Hall–Kier alpha value is -1.52. The van der Waals surface area contributed by atoms with E-state index in [9.17, 15) is 4.79 Å². The molecule has 0 bridgehead atoms. The molecule has 1 saturated carbocycles. The van der Waals surface area contributed by atoms with E-state index in [1.807, 2.05) is 44.6 Å². The van der Waals surface area contributed by atoms with Crippen LogP contribution >= 0.6 is 0 Å². The van der Waals surface area contributed by atoms with Crippen LogP contribution in [0, 0.1) is 6.92 Å². The second kappa shape index (κ2) is 4.63. The number of rotatable bonds is 2. The minimum Gasteiger partial charge on any atom is -0.444 e. The number of hydrogen-bond donors (Lipinski definition) is 1. The number of aromatic nitrogens is 2. The van der Waals surface area contributed by atoms with Gasteiger partial charge in [-0.1, -0.05) is 0 Å². The van der Waals surface area contributed by atoms with Crippen LogP contribution in [0.1, 0.15) is 45.3 Å². The Morgan fingerprint density at radius 3 is 2.67 bits per heavy atom. The quantitative estimate of drug-likeness (QED) is 0.878. The lowest BCUT2D eigenvalue weighted by molar-refractivity contribution is 0.0452. The van der Waals surface area contributed by atoms with Gasteiger partial charge in [-0.3, -0.25) is 4.68 Å². The number of amides is 1. The molecule has 0 radical (unpaired) electrons. The molecule has 1 heterocycles. The molecule has 1 fully saturated rings. The zero-order valence-corrected chi connectivity index (χ0v) is 11.4. The lowest BCUT2D eigenvalue weighted by atomic mass is 9.87. The van der Waals surface area contributed by atoms with E-state index in [0.29, 0.717) is 6.04 Å². The van der Waals surface area contributed by atoms with Gasteiger partial charge in [-0.05, 0) is 46.6 Å². The summed E-state index contributed by atoms with van der Waals surface area (Å²) < 4.78 is 7.24. The van der Waals surface area contributed by atoms with Crippen LogP contribution in [-0.2, 0) is 4.74 Å². The molecule has 0 aliphatic heterocycles. The molecule has 1 N–H and O–H groups in total. The summed E-state index contributed by atoms with van der Waals surface area (Å²) in [5.41, 5.74) is 0.724. The summed E-state index contributed by atoms with van der Waals surface area (Å²) in [5, 5.41) is 7.17. The first-order valence-corrected chi connectivity index (χ1v) is 6.35. The lowest BCUT2D eigenvalue weighted by Gasteiger charge is -2.36. The molecular weight excluding hydrogens is 230 g/mol. The molecular formula is C13H21N3O2. The highest BCUT2D eigenvalue weighted by Gasteiger charge is 2.33. The van der Waals surface area contributed by atoms with E-state index in [4.69, 9.17) is 4.74 Å². The van der Waals surface area contributed by atoms with Gasteiger partial charge in [0.15, 0.2) is 0 Å². The number of carbonyl (C=O) groups is 1. The number of alkyl carbamates (subject to hydrolysis) is 1. The molecule has 100 valence electrons. The third-order valence-corrected chi connectivity index (χ3v) is 3.05. The minimum absolute atomic E-state index is 0.202. The fourth-order valence-electron chi connectivity index (χ4n) is 2.14. The van der Waals surface area contributed by atoms with Crippen molar-refractivity contribution in [3.8, 4) is 0 Å². The molecule has 2 rings (SSSR count). The van der Waals surface area contributed by atoms with E-state index < -0.39 is 5.60 Å². The van der Waals surface area contributed by atoms with Crippen molar-refractivity contribution in [3.63, 3.8) is 0 Å². The maximum absolute atomic E-state index is 11.6. The Balaban J connectivity index is 1.77. The van der Waals surface area contributed by atoms with Gasteiger partial charge in [0.25, 0.3) is 0 Å². The molecule has 0 unspecified atom stereocenters. The van der Waals surface area contributed by atoms with Crippen molar-refractivity contribution in [2.24, 2.45) is 0 Å². The van der Waals surface area contributed by atoms with Crippen molar-refractivity contribution < 1.29 is 9.53 Å². The molecule has 1 aliphatic carbocycles. The fourth-order valence-corrected chi connectivity index (χ4v) is 2.14. The first-order chi connectivity index (χ1) is 8.35. The minimum atomic E-state index is -0.439. The number of aryl methyl sites for hydroxylation is 1. The molecule has 1 aromatic heterocycles. The predicted octanol–water partition coefficient (Wildman–Crippen LogP) is 2.42. The summed E-state index contributed by atoms with van der Waals surface area (Å²) in [4.78, 5) is 11.6. The number of nitrogens with one attached hydrogen (secondary N) is 1. The highest BCUT2D eigenvalue weighted by molar-refractivity contribution is 5.68. The van der Waals surface area contributed by atoms with Gasteiger partial charge in [0.2, 0.25) is 0 Å². The molecule has 0 saturated heterocycles. The first-order valence-electron chi connectivity index (χ1n) is 6.35. The van der Waals surface area contributed by atoms with Crippen LogP contribution in [0.2, 0.25) is 0 Å². The number of ether oxygens (including phenoxy) is 1. The van der Waals surface area contributed by atoms with Gasteiger partial charge in [0.05, 0.1) is 6.04 Å². The van der Waals surface area contributed by atoms with Crippen LogP contribution in [0.25, 0.3) is 0 Å². The molecule has 0 aromatic carbocycles.